The van der Waals surface area contributed by atoms with Crippen LogP contribution in [-0.4, -0.2) is 16.6 Å². The number of carbonyl (C=O) groups is 1. The van der Waals surface area contributed by atoms with Gasteiger partial charge in [-0.2, -0.15) is 0 Å². The van der Waals surface area contributed by atoms with Crippen molar-refractivity contribution < 1.29 is 9.53 Å². The lowest BCUT2D eigenvalue weighted by atomic mass is 10.2. The Balaban J connectivity index is 2.97. The largest absolute Gasteiger partial charge is 0.456 e. The number of halogens is 1. The normalized spacial score (nSPS) is 11.2. The van der Waals surface area contributed by atoms with E-state index >= 15 is 0 Å². The highest BCUT2D eigenvalue weighted by Crippen LogP contribution is 2.15. The van der Waals surface area contributed by atoms with E-state index in [0.717, 1.165) is 0 Å². The molecule has 15 heavy (non-hydrogen) atoms. The van der Waals surface area contributed by atoms with E-state index in [-0.39, 0.29) is 16.3 Å². The van der Waals surface area contributed by atoms with Gasteiger partial charge in [0.1, 0.15) is 10.8 Å². The molecule has 82 valence electrons. The van der Waals surface area contributed by atoms with Crippen LogP contribution in [-0.2, 0) is 4.74 Å². The van der Waals surface area contributed by atoms with Crippen molar-refractivity contribution >= 4 is 17.6 Å². The average molecular weight is 230 g/mol. The van der Waals surface area contributed by atoms with Crippen LogP contribution in [0, 0.1) is 0 Å². The minimum absolute atomic E-state index is 0.00301. The number of ether oxygens (including phenoxy) is 1. The number of pyridine rings is 1. The van der Waals surface area contributed by atoms with Crippen molar-refractivity contribution in [1.82, 2.24) is 4.98 Å². The van der Waals surface area contributed by atoms with Gasteiger partial charge in [-0.3, -0.25) is 4.79 Å². The molecule has 0 saturated heterocycles. The van der Waals surface area contributed by atoms with E-state index in [1.165, 1.54) is 12.1 Å². The highest BCUT2D eigenvalue weighted by atomic mass is 35.5. The van der Waals surface area contributed by atoms with Gasteiger partial charge < -0.3 is 9.72 Å². The molecule has 1 heterocycles. The van der Waals surface area contributed by atoms with E-state index in [9.17, 15) is 9.59 Å². The van der Waals surface area contributed by atoms with Crippen molar-refractivity contribution in [1.29, 1.82) is 0 Å². The van der Waals surface area contributed by atoms with Crippen molar-refractivity contribution in [3.05, 3.63) is 33.2 Å². The van der Waals surface area contributed by atoms with E-state index in [2.05, 4.69) is 4.98 Å². The van der Waals surface area contributed by atoms with Crippen LogP contribution in [0.2, 0.25) is 5.15 Å². The highest BCUT2D eigenvalue weighted by molar-refractivity contribution is 6.32. The molecule has 0 amide bonds. The van der Waals surface area contributed by atoms with Gasteiger partial charge in [0, 0.05) is 6.07 Å². The summed E-state index contributed by atoms with van der Waals surface area (Å²) in [5.74, 6) is -0.552. The maximum atomic E-state index is 11.6. The Bertz CT molecular complexity index is 431. The van der Waals surface area contributed by atoms with Crippen LogP contribution < -0.4 is 5.56 Å². The molecule has 0 radical (unpaired) electrons. The summed E-state index contributed by atoms with van der Waals surface area (Å²) >= 11 is 5.70. The molecule has 0 aliphatic heterocycles. The highest BCUT2D eigenvalue weighted by Gasteiger charge is 2.20. The zero-order valence-corrected chi connectivity index (χ0v) is 9.51. The summed E-state index contributed by atoms with van der Waals surface area (Å²) in [4.78, 5) is 24.7. The lowest BCUT2D eigenvalue weighted by molar-refractivity contribution is 0.00693. The predicted molar refractivity (Wildman–Crippen MR) is 57.2 cm³/mol. The molecular weight excluding hydrogens is 218 g/mol. The van der Waals surface area contributed by atoms with Gasteiger partial charge in [0.15, 0.2) is 0 Å². The second kappa shape index (κ2) is 4.06. The smallest absolute Gasteiger partial charge is 0.341 e. The van der Waals surface area contributed by atoms with Crippen LogP contribution in [0.5, 0.6) is 0 Å². The minimum Gasteiger partial charge on any atom is -0.456 e. The second-order valence-electron chi connectivity index (χ2n) is 4.05. The third-order valence-corrected chi connectivity index (χ3v) is 1.79. The fourth-order valence-electron chi connectivity index (χ4n) is 0.940. The summed E-state index contributed by atoms with van der Waals surface area (Å²) in [5.41, 5.74) is -0.783. The van der Waals surface area contributed by atoms with Crippen molar-refractivity contribution in [2.75, 3.05) is 0 Å². The van der Waals surface area contributed by atoms with Gasteiger partial charge in [0.2, 0.25) is 5.56 Å². The van der Waals surface area contributed by atoms with Crippen LogP contribution in [0.1, 0.15) is 31.1 Å². The first-order valence-electron chi connectivity index (χ1n) is 4.42. The Morgan fingerprint density at radius 3 is 2.47 bits per heavy atom. The van der Waals surface area contributed by atoms with Crippen LogP contribution >= 0.6 is 11.6 Å². The molecule has 0 bridgehead atoms. The number of hydrogen-bond acceptors (Lipinski definition) is 3. The molecule has 0 aromatic carbocycles. The number of nitrogens with one attached hydrogen (secondary N) is 1. The van der Waals surface area contributed by atoms with Crippen LogP contribution in [0.25, 0.3) is 0 Å². The van der Waals surface area contributed by atoms with Gasteiger partial charge >= 0.3 is 5.97 Å². The average Bonchev–Trinajstić information content (AvgIpc) is 1.99. The molecule has 0 unspecified atom stereocenters. The lowest BCUT2D eigenvalue weighted by Gasteiger charge is -2.19. The number of rotatable bonds is 1. The van der Waals surface area contributed by atoms with Crippen LogP contribution in [0.3, 0.4) is 0 Å². The number of carbonyl (C=O) groups excluding carboxylic acids is 1. The molecule has 4 nitrogen and oxygen atoms in total. The number of H-pyrrole nitrogens is 1. The summed E-state index contributed by atoms with van der Waals surface area (Å²) < 4.78 is 5.10. The summed E-state index contributed by atoms with van der Waals surface area (Å²) in [7, 11) is 0. The van der Waals surface area contributed by atoms with Gasteiger partial charge in [-0.15, -0.1) is 0 Å². The van der Waals surface area contributed by atoms with Crippen LogP contribution in [0.15, 0.2) is 16.9 Å². The zero-order valence-electron chi connectivity index (χ0n) is 8.76. The number of hydrogen-bond donors (Lipinski definition) is 1. The topological polar surface area (TPSA) is 59.2 Å². The predicted octanol–water partition coefficient (Wildman–Crippen LogP) is 1.98. The molecular formula is C10H12ClNO3. The zero-order chi connectivity index (χ0) is 11.6. The third-order valence-electron chi connectivity index (χ3n) is 1.49. The van der Waals surface area contributed by atoms with Crippen molar-refractivity contribution in [2.45, 2.75) is 26.4 Å². The molecule has 5 heteroatoms. The SMILES string of the molecule is CC(C)(C)OC(=O)c1ccc(=O)[nH]c1Cl. The number of aromatic nitrogens is 1. The maximum absolute atomic E-state index is 11.6. The van der Waals surface area contributed by atoms with E-state index in [1.807, 2.05) is 0 Å². The molecule has 0 aliphatic rings. The van der Waals surface area contributed by atoms with E-state index in [0.29, 0.717) is 0 Å². The Morgan fingerprint density at radius 2 is 2.00 bits per heavy atom. The first kappa shape index (κ1) is 11.8. The Labute approximate surface area is 92.2 Å². The van der Waals surface area contributed by atoms with E-state index in [1.54, 1.807) is 20.8 Å². The summed E-state index contributed by atoms with van der Waals surface area (Å²) in [6.07, 6.45) is 0. The van der Waals surface area contributed by atoms with Crippen LogP contribution in [0.4, 0.5) is 0 Å². The molecule has 0 atom stereocenters. The summed E-state index contributed by atoms with van der Waals surface area (Å²) in [6.45, 7) is 5.26. The van der Waals surface area contributed by atoms with Crippen molar-refractivity contribution in [2.24, 2.45) is 0 Å². The van der Waals surface area contributed by atoms with E-state index < -0.39 is 11.6 Å². The number of aromatic amines is 1. The summed E-state index contributed by atoms with van der Waals surface area (Å²) in [6, 6.07) is 2.57. The van der Waals surface area contributed by atoms with E-state index in [4.69, 9.17) is 16.3 Å². The monoisotopic (exact) mass is 229 g/mol. The fourth-order valence-corrected chi connectivity index (χ4v) is 1.17. The molecule has 1 N–H and O–H groups in total. The third kappa shape index (κ3) is 3.40. The van der Waals surface area contributed by atoms with Gasteiger partial charge in [-0.1, -0.05) is 11.6 Å². The van der Waals surface area contributed by atoms with Gasteiger partial charge in [0.05, 0.1) is 5.56 Å². The second-order valence-corrected chi connectivity index (χ2v) is 4.43. The molecule has 1 rings (SSSR count). The molecule has 0 spiro atoms. The molecule has 0 aliphatic carbocycles. The minimum atomic E-state index is -0.587. The quantitative estimate of drug-likeness (QED) is 0.592. The molecule has 0 fully saturated rings. The van der Waals surface area contributed by atoms with Gasteiger partial charge in [-0.05, 0) is 26.8 Å². The lowest BCUT2D eigenvalue weighted by Crippen LogP contribution is -2.24. The number of esters is 1. The molecule has 0 saturated carbocycles. The first-order valence-corrected chi connectivity index (χ1v) is 4.79. The molecule has 1 aromatic rings. The first-order chi connectivity index (χ1) is 6.79. The van der Waals surface area contributed by atoms with Gasteiger partial charge in [0.25, 0.3) is 0 Å². The van der Waals surface area contributed by atoms with Crippen molar-refractivity contribution in [3.8, 4) is 0 Å². The van der Waals surface area contributed by atoms with Gasteiger partial charge in [-0.25, -0.2) is 4.79 Å². The maximum Gasteiger partial charge on any atom is 0.341 e. The Morgan fingerprint density at radius 1 is 1.40 bits per heavy atom. The standard InChI is InChI=1S/C10H12ClNO3/c1-10(2,3)15-9(14)6-4-5-7(13)12-8(6)11/h4-5H,1-3H3,(H,12,13). The Hall–Kier alpha value is -1.29. The fraction of sp³-hybridized carbons (Fsp3) is 0.400. The Kier molecular flexibility index (Phi) is 3.19. The summed E-state index contributed by atoms with van der Waals surface area (Å²) in [5, 5.41) is -0.00301. The molecule has 1 aromatic heterocycles. The van der Waals surface area contributed by atoms with Crippen molar-refractivity contribution in [3.63, 3.8) is 0 Å².